The molecule has 1 N–H and O–H groups in total. The molecule has 3 aromatic rings. The van der Waals surface area contributed by atoms with Gasteiger partial charge in [0.05, 0.1) is 20.3 Å². The van der Waals surface area contributed by atoms with E-state index in [0.717, 1.165) is 28.0 Å². The fourth-order valence-corrected chi connectivity index (χ4v) is 2.17. The summed E-state index contributed by atoms with van der Waals surface area (Å²) < 4.78 is 11.1. The Labute approximate surface area is 123 Å². The van der Waals surface area contributed by atoms with E-state index in [2.05, 4.69) is 5.48 Å². The largest absolute Gasteiger partial charge is 0.493 e. The maximum atomic E-state index is 5.77. The highest BCUT2D eigenvalue weighted by Crippen LogP contribution is 2.28. The molecule has 3 rings (SSSR count). The summed E-state index contributed by atoms with van der Waals surface area (Å²) in [4.78, 5) is 5.43. The van der Waals surface area contributed by atoms with Crippen molar-refractivity contribution < 1.29 is 14.0 Å². The third-order valence-corrected chi connectivity index (χ3v) is 3.21. The molecule has 0 aliphatic rings. The highest BCUT2D eigenvalue weighted by molar-refractivity contribution is 5.83. The predicted molar refractivity (Wildman–Crippen MR) is 80.8 cm³/mol. The summed E-state index contributed by atoms with van der Waals surface area (Å²) in [7, 11) is 1.64. The van der Waals surface area contributed by atoms with E-state index >= 15 is 0 Å². The van der Waals surface area contributed by atoms with E-state index in [4.69, 9.17) is 14.0 Å². The lowest BCUT2D eigenvalue weighted by Gasteiger charge is -2.04. The average Bonchev–Trinajstić information content (AvgIpc) is 2.95. The van der Waals surface area contributed by atoms with Gasteiger partial charge in [0.25, 0.3) is 0 Å². The third-order valence-electron chi connectivity index (χ3n) is 3.21. The number of ether oxygens (including phenoxy) is 1. The second kappa shape index (κ2) is 6.43. The Morgan fingerprint density at radius 3 is 2.71 bits per heavy atom. The van der Waals surface area contributed by atoms with Crippen LogP contribution in [0.4, 0.5) is 0 Å². The van der Waals surface area contributed by atoms with Crippen LogP contribution in [0.15, 0.2) is 59.0 Å². The van der Waals surface area contributed by atoms with Gasteiger partial charge in [-0.05, 0) is 17.7 Å². The zero-order chi connectivity index (χ0) is 14.5. The Morgan fingerprint density at radius 1 is 1.05 bits per heavy atom. The second-order valence-corrected chi connectivity index (χ2v) is 4.69. The van der Waals surface area contributed by atoms with Gasteiger partial charge in [-0.3, -0.25) is 4.84 Å². The molecule has 0 saturated heterocycles. The van der Waals surface area contributed by atoms with Crippen LogP contribution < -0.4 is 10.2 Å². The molecule has 21 heavy (non-hydrogen) atoms. The molecular formula is C17H17NO3. The van der Waals surface area contributed by atoms with Crippen LogP contribution in [-0.2, 0) is 18.0 Å². The van der Waals surface area contributed by atoms with Gasteiger partial charge in [-0.1, -0.05) is 42.5 Å². The van der Waals surface area contributed by atoms with Gasteiger partial charge >= 0.3 is 0 Å². The van der Waals surface area contributed by atoms with E-state index < -0.39 is 0 Å². The highest BCUT2D eigenvalue weighted by Gasteiger charge is 2.08. The Balaban J connectivity index is 1.58. The van der Waals surface area contributed by atoms with Crippen molar-refractivity contribution in [3.05, 3.63) is 65.9 Å². The lowest BCUT2D eigenvalue weighted by molar-refractivity contribution is 0.0204. The Bertz CT molecular complexity index is 706. The lowest BCUT2D eigenvalue weighted by Crippen LogP contribution is -2.13. The van der Waals surface area contributed by atoms with Gasteiger partial charge in [-0.2, -0.15) is 5.48 Å². The van der Waals surface area contributed by atoms with Crippen LogP contribution in [0.5, 0.6) is 5.75 Å². The quantitative estimate of drug-likeness (QED) is 0.554. The number of rotatable bonds is 6. The molecule has 0 saturated carbocycles. The molecule has 1 heterocycles. The second-order valence-electron chi connectivity index (χ2n) is 4.69. The van der Waals surface area contributed by atoms with Crippen molar-refractivity contribution in [2.75, 3.05) is 7.11 Å². The van der Waals surface area contributed by atoms with Gasteiger partial charge in [0.2, 0.25) is 0 Å². The maximum absolute atomic E-state index is 5.77. The van der Waals surface area contributed by atoms with Gasteiger partial charge in [-0.25, -0.2) is 0 Å². The zero-order valence-corrected chi connectivity index (χ0v) is 11.8. The van der Waals surface area contributed by atoms with Crippen LogP contribution >= 0.6 is 0 Å². The molecule has 4 nitrogen and oxygen atoms in total. The van der Waals surface area contributed by atoms with Crippen LogP contribution in [0.1, 0.15) is 11.3 Å². The van der Waals surface area contributed by atoms with E-state index in [1.165, 1.54) is 0 Å². The maximum Gasteiger partial charge on any atom is 0.176 e. The highest BCUT2D eigenvalue weighted by atomic mass is 16.6. The summed E-state index contributed by atoms with van der Waals surface area (Å²) in [5.74, 6) is 1.55. The predicted octanol–water partition coefficient (Wildman–Crippen LogP) is 3.66. The average molecular weight is 283 g/mol. The van der Waals surface area contributed by atoms with Gasteiger partial charge in [-0.15, -0.1) is 0 Å². The van der Waals surface area contributed by atoms with Gasteiger partial charge in [0, 0.05) is 5.39 Å². The van der Waals surface area contributed by atoms with Crippen LogP contribution in [0.3, 0.4) is 0 Å². The topological polar surface area (TPSA) is 43.6 Å². The van der Waals surface area contributed by atoms with Gasteiger partial charge in [0.1, 0.15) is 5.76 Å². The molecule has 0 aliphatic heterocycles. The molecule has 108 valence electrons. The standard InChI is InChI=1S/C17H17NO3/c1-19-16-9-5-8-14-10-15(21-17(14)16)11-18-20-12-13-6-3-2-4-7-13/h2-10,18H,11-12H2,1H3. The van der Waals surface area contributed by atoms with E-state index in [1.54, 1.807) is 7.11 Å². The molecule has 1 aromatic heterocycles. The summed E-state index contributed by atoms with van der Waals surface area (Å²) in [6.45, 7) is 1.02. The summed E-state index contributed by atoms with van der Waals surface area (Å²) in [6.07, 6.45) is 0. The molecule has 0 radical (unpaired) electrons. The van der Waals surface area contributed by atoms with Crippen LogP contribution in [0, 0.1) is 0 Å². The number of para-hydroxylation sites is 1. The minimum absolute atomic E-state index is 0.505. The summed E-state index contributed by atoms with van der Waals surface area (Å²) in [5, 5.41) is 1.02. The van der Waals surface area contributed by atoms with Gasteiger partial charge < -0.3 is 9.15 Å². The van der Waals surface area contributed by atoms with Crippen LogP contribution in [-0.4, -0.2) is 7.11 Å². The number of nitrogens with one attached hydrogen (secondary N) is 1. The molecular weight excluding hydrogens is 266 g/mol. The molecule has 4 heteroatoms. The monoisotopic (exact) mass is 283 g/mol. The van der Waals surface area contributed by atoms with Crippen LogP contribution in [0.25, 0.3) is 11.0 Å². The molecule has 0 amide bonds. The molecule has 0 unspecified atom stereocenters. The molecule has 0 atom stereocenters. The van der Waals surface area contributed by atoms with E-state index in [9.17, 15) is 0 Å². The summed E-state index contributed by atoms with van der Waals surface area (Å²) >= 11 is 0. The van der Waals surface area contributed by atoms with Crippen molar-refractivity contribution in [3.63, 3.8) is 0 Å². The minimum atomic E-state index is 0.505. The molecule has 0 fully saturated rings. The Kier molecular flexibility index (Phi) is 4.19. The number of hydroxylamine groups is 1. The van der Waals surface area contributed by atoms with Crippen molar-refractivity contribution in [3.8, 4) is 5.75 Å². The first kappa shape index (κ1) is 13.7. The fraction of sp³-hybridized carbons (Fsp3) is 0.176. The minimum Gasteiger partial charge on any atom is -0.493 e. The first-order chi connectivity index (χ1) is 10.4. The van der Waals surface area contributed by atoms with E-state index in [1.807, 2.05) is 54.6 Å². The van der Waals surface area contributed by atoms with E-state index in [-0.39, 0.29) is 0 Å². The Morgan fingerprint density at radius 2 is 1.90 bits per heavy atom. The number of hydrogen-bond acceptors (Lipinski definition) is 4. The van der Waals surface area contributed by atoms with Gasteiger partial charge in [0.15, 0.2) is 11.3 Å². The van der Waals surface area contributed by atoms with E-state index in [0.29, 0.717) is 13.2 Å². The molecule has 0 aliphatic carbocycles. The number of fused-ring (bicyclic) bond motifs is 1. The first-order valence-corrected chi connectivity index (χ1v) is 6.81. The van der Waals surface area contributed by atoms with Crippen molar-refractivity contribution in [1.29, 1.82) is 0 Å². The lowest BCUT2D eigenvalue weighted by atomic mass is 10.2. The smallest absolute Gasteiger partial charge is 0.176 e. The fourth-order valence-electron chi connectivity index (χ4n) is 2.17. The van der Waals surface area contributed by atoms with Crippen molar-refractivity contribution in [2.45, 2.75) is 13.2 Å². The summed E-state index contributed by atoms with van der Waals surface area (Å²) in [5.41, 5.74) is 4.80. The summed E-state index contributed by atoms with van der Waals surface area (Å²) in [6, 6.07) is 17.8. The zero-order valence-electron chi connectivity index (χ0n) is 11.8. The molecule has 2 aromatic carbocycles. The number of benzene rings is 2. The normalized spacial score (nSPS) is 10.9. The van der Waals surface area contributed by atoms with Crippen molar-refractivity contribution >= 4 is 11.0 Å². The van der Waals surface area contributed by atoms with Crippen LogP contribution in [0.2, 0.25) is 0 Å². The first-order valence-electron chi connectivity index (χ1n) is 6.81. The Hall–Kier alpha value is -2.30. The van der Waals surface area contributed by atoms with Crippen molar-refractivity contribution in [2.24, 2.45) is 0 Å². The number of hydrogen-bond donors (Lipinski definition) is 1. The number of furan rings is 1. The molecule has 0 bridgehead atoms. The third kappa shape index (κ3) is 3.24. The molecule has 0 spiro atoms. The number of methoxy groups -OCH3 is 1. The van der Waals surface area contributed by atoms with Crippen molar-refractivity contribution in [1.82, 2.24) is 5.48 Å². The SMILES string of the molecule is COc1cccc2cc(CNOCc3ccccc3)oc12.